The number of hydrogen-bond donors (Lipinski definition) is 2. The van der Waals surface area contributed by atoms with E-state index in [1.54, 1.807) is 0 Å². The third-order valence-electron chi connectivity index (χ3n) is 5.56. The Kier molecular flexibility index (Phi) is 6.73. The Hall–Kier alpha value is -1.41. The van der Waals surface area contributed by atoms with Crippen LogP contribution in [0.25, 0.3) is 0 Å². The highest BCUT2D eigenvalue weighted by molar-refractivity contribution is 7.52. The van der Waals surface area contributed by atoms with E-state index in [0.29, 0.717) is 0 Å². The molecule has 0 saturated carbocycles. The average molecular weight is 388 g/mol. The molecule has 0 radical (unpaired) electrons. The van der Waals surface area contributed by atoms with E-state index in [-0.39, 0.29) is 5.92 Å². The fraction of sp³-hybridized carbons (Fsp3) is 0.478. The first-order valence-electron chi connectivity index (χ1n) is 9.55. The van der Waals surface area contributed by atoms with Gasteiger partial charge in [0.1, 0.15) is 0 Å². The van der Waals surface area contributed by atoms with Crippen LogP contribution < -0.4 is 0 Å². The highest BCUT2D eigenvalue weighted by Crippen LogP contribution is 2.60. The summed E-state index contributed by atoms with van der Waals surface area (Å²) in [5.41, 5.74) is 0.613. The molecular formula is C23H33O3P. The van der Waals surface area contributed by atoms with Crippen molar-refractivity contribution in [3.63, 3.8) is 0 Å². The molecule has 0 aliphatic carbocycles. The van der Waals surface area contributed by atoms with Crippen molar-refractivity contribution in [2.75, 3.05) is 0 Å². The second-order valence-electron chi connectivity index (χ2n) is 9.26. The van der Waals surface area contributed by atoms with Crippen LogP contribution in [0.2, 0.25) is 0 Å². The van der Waals surface area contributed by atoms with Crippen LogP contribution in [0, 0.1) is 16.7 Å². The summed E-state index contributed by atoms with van der Waals surface area (Å²) in [5, 5.41) is 0. The van der Waals surface area contributed by atoms with Gasteiger partial charge in [0.25, 0.3) is 0 Å². The molecule has 0 aliphatic rings. The van der Waals surface area contributed by atoms with Crippen LogP contribution >= 0.6 is 7.60 Å². The smallest absolute Gasteiger partial charge is 0.324 e. The molecule has 0 bridgehead atoms. The zero-order valence-electron chi connectivity index (χ0n) is 17.1. The SMILES string of the molecule is CC(C)(C)C(C(C)(C)C(Cc1ccccc1)Cc1ccccc1)P(=O)(O)O. The topological polar surface area (TPSA) is 57.5 Å². The third-order valence-corrected chi connectivity index (χ3v) is 7.68. The Morgan fingerprint density at radius 2 is 1.15 bits per heavy atom. The van der Waals surface area contributed by atoms with Crippen LogP contribution in [0.1, 0.15) is 45.7 Å². The lowest BCUT2D eigenvalue weighted by molar-refractivity contribution is 0.115. The maximum atomic E-state index is 12.5. The molecule has 2 aromatic carbocycles. The Balaban J connectivity index is 2.47. The van der Waals surface area contributed by atoms with Crippen LogP contribution in [0.3, 0.4) is 0 Å². The summed E-state index contributed by atoms with van der Waals surface area (Å²) in [7, 11) is -4.28. The standard InChI is InChI=1S/C23H33O3P/c1-22(2,3)21(27(24,25)26)23(4,5)20(16-18-12-8-6-9-13-18)17-19-14-10-7-11-15-19/h6-15,20-21H,16-17H2,1-5H3,(H2,24,25,26). The second kappa shape index (κ2) is 8.31. The molecule has 2 N–H and O–H groups in total. The summed E-state index contributed by atoms with van der Waals surface area (Å²) in [6.45, 7) is 9.85. The molecule has 0 amide bonds. The maximum absolute atomic E-state index is 12.5. The number of hydrogen-bond acceptors (Lipinski definition) is 1. The van der Waals surface area contributed by atoms with Crippen molar-refractivity contribution in [2.24, 2.45) is 16.7 Å². The molecule has 0 heterocycles. The van der Waals surface area contributed by atoms with Crippen LogP contribution in [0.15, 0.2) is 60.7 Å². The van der Waals surface area contributed by atoms with Crippen LogP contribution in [0.5, 0.6) is 0 Å². The molecule has 1 atom stereocenters. The van der Waals surface area contributed by atoms with Crippen molar-refractivity contribution in [3.8, 4) is 0 Å². The second-order valence-corrected chi connectivity index (χ2v) is 10.9. The Bertz CT molecular complexity index is 716. The molecule has 0 aromatic heterocycles. The van der Waals surface area contributed by atoms with E-state index in [9.17, 15) is 14.4 Å². The highest BCUT2D eigenvalue weighted by Gasteiger charge is 2.51. The van der Waals surface area contributed by atoms with Crippen LogP contribution in [-0.4, -0.2) is 15.4 Å². The molecule has 0 spiro atoms. The monoisotopic (exact) mass is 388 g/mol. The lowest BCUT2D eigenvalue weighted by atomic mass is 9.65. The van der Waals surface area contributed by atoms with Crippen LogP contribution in [0.4, 0.5) is 0 Å². The first kappa shape index (κ1) is 21.9. The molecule has 3 nitrogen and oxygen atoms in total. The van der Waals surface area contributed by atoms with Gasteiger partial charge in [0.2, 0.25) is 0 Å². The lowest BCUT2D eigenvalue weighted by Crippen LogP contribution is -2.45. The van der Waals surface area contributed by atoms with Gasteiger partial charge >= 0.3 is 7.60 Å². The Morgan fingerprint density at radius 3 is 1.44 bits per heavy atom. The Labute approximate surface area is 164 Å². The van der Waals surface area contributed by atoms with E-state index < -0.39 is 24.1 Å². The van der Waals surface area contributed by atoms with Gasteiger partial charge in [-0.2, -0.15) is 0 Å². The van der Waals surface area contributed by atoms with Crippen molar-refractivity contribution in [1.82, 2.24) is 0 Å². The summed E-state index contributed by atoms with van der Waals surface area (Å²) < 4.78 is 12.5. The number of benzene rings is 2. The van der Waals surface area contributed by atoms with Gasteiger partial charge in [-0.25, -0.2) is 0 Å². The summed E-state index contributed by atoms with van der Waals surface area (Å²) in [6, 6.07) is 20.4. The third kappa shape index (κ3) is 5.78. The first-order valence-corrected chi connectivity index (χ1v) is 11.2. The van der Waals surface area contributed by atoms with Gasteiger partial charge in [-0.1, -0.05) is 95.3 Å². The summed E-state index contributed by atoms with van der Waals surface area (Å²) in [5.74, 6) is 0.0964. The molecule has 0 saturated heterocycles. The molecule has 2 rings (SSSR count). The van der Waals surface area contributed by atoms with E-state index >= 15 is 0 Å². The predicted octanol–water partition coefficient (Wildman–Crippen LogP) is 5.71. The lowest BCUT2D eigenvalue weighted by Gasteiger charge is -2.47. The normalized spacial score (nSPS) is 14.4. The summed E-state index contributed by atoms with van der Waals surface area (Å²) >= 11 is 0. The van der Waals surface area contributed by atoms with Crippen LogP contribution in [-0.2, 0) is 17.4 Å². The highest BCUT2D eigenvalue weighted by atomic mass is 31.2. The minimum absolute atomic E-state index is 0.0964. The van der Waals surface area contributed by atoms with Gasteiger partial charge in [0.05, 0.1) is 5.66 Å². The zero-order valence-corrected chi connectivity index (χ0v) is 18.0. The molecule has 0 fully saturated rings. The molecular weight excluding hydrogens is 355 g/mol. The number of rotatable bonds is 7. The average Bonchev–Trinajstić information content (AvgIpc) is 2.53. The minimum atomic E-state index is -4.28. The minimum Gasteiger partial charge on any atom is -0.324 e. The fourth-order valence-corrected chi connectivity index (χ4v) is 6.76. The van der Waals surface area contributed by atoms with Crippen molar-refractivity contribution in [2.45, 2.75) is 53.1 Å². The molecule has 2 aromatic rings. The maximum Gasteiger partial charge on any atom is 0.329 e. The largest absolute Gasteiger partial charge is 0.329 e. The van der Waals surface area contributed by atoms with Crippen molar-refractivity contribution >= 4 is 7.60 Å². The van der Waals surface area contributed by atoms with Gasteiger partial charge in [-0.3, -0.25) is 4.57 Å². The van der Waals surface area contributed by atoms with E-state index in [4.69, 9.17) is 0 Å². The Morgan fingerprint density at radius 1 is 0.778 bits per heavy atom. The van der Waals surface area contributed by atoms with Gasteiger partial charge < -0.3 is 9.79 Å². The van der Waals surface area contributed by atoms with Gasteiger partial charge in [0, 0.05) is 0 Å². The predicted molar refractivity (Wildman–Crippen MR) is 113 cm³/mol. The van der Waals surface area contributed by atoms with E-state index in [0.717, 1.165) is 12.8 Å². The van der Waals surface area contributed by atoms with Gasteiger partial charge in [0.15, 0.2) is 0 Å². The quantitative estimate of drug-likeness (QED) is 0.598. The van der Waals surface area contributed by atoms with Gasteiger partial charge in [-0.05, 0) is 40.7 Å². The van der Waals surface area contributed by atoms with E-state index in [1.165, 1.54) is 11.1 Å². The molecule has 0 aliphatic heterocycles. The molecule has 4 heteroatoms. The summed E-state index contributed by atoms with van der Waals surface area (Å²) in [4.78, 5) is 20.5. The molecule has 27 heavy (non-hydrogen) atoms. The first-order chi connectivity index (χ1) is 12.4. The molecule has 148 valence electrons. The van der Waals surface area contributed by atoms with Crippen molar-refractivity contribution < 1.29 is 14.4 Å². The van der Waals surface area contributed by atoms with E-state index in [1.807, 2.05) is 71.0 Å². The molecule has 1 unspecified atom stereocenters. The zero-order chi connectivity index (χ0) is 20.3. The van der Waals surface area contributed by atoms with E-state index in [2.05, 4.69) is 24.3 Å². The van der Waals surface area contributed by atoms with Gasteiger partial charge in [-0.15, -0.1) is 0 Å². The fourth-order valence-electron chi connectivity index (χ4n) is 4.67. The summed E-state index contributed by atoms with van der Waals surface area (Å²) in [6.07, 6.45) is 1.57. The van der Waals surface area contributed by atoms with Crippen molar-refractivity contribution in [1.29, 1.82) is 0 Å². The van der Waals surface area contributed by atoms with Crippen molar-refractivity contribution in [3.05, 3.63) is 71.8 Å².